The lowest BCUT2D eigenvalue weighted by Gasteiger charge is -2.30. The quantitative estimate of drug-likeness (QED) is 0.179. The first-order valence-corrected chi connectivity index (χ1v) is 17.0. The second-order valence-corrected chi connectivity index (χ2v) is 14.5. The number of hydrogen-bond donors (Lipinski definition) is 2. The van der Waals surface area contributed by atoms with Gasteiger partial charge in [0.05, 0.1) is 27.4 Å². The smallest absolute Gasteiger partial charge is 0.131 e. The number of rotatable bonds is 8. The molecule has 4 nitrogen and oxygen atoms in total. The van der Waals surface area contributed by atoms with Gasteiger partial charge in [0, 0.05) is 22.3 Å². The van der Waals surface area contributed by atoms with E-state index < -0.39 is 29.9 Å². The number of benzene rings is 4. The summed E-state index contributed by atoms with van der Waals surface area (Å²) in [6, 6.07) is 15.0. The van der Waals surface area contributed by atoms with Crippen molar-refractivity contribution in [1.29, 1.82) is 0 Å². The fourth-order valence-electron chi connectivity index (χ4n) is 7.51. The first-order chi connectivity index (χ1) is 23.7. The number of ether oxygens (including phenoxy) is 2. The van der Waals surface area contributed by atoms with E-state index in [-0.39, 0.29) is 41.9 Å². The summed E-state index contributed by atoms with van der Waals surface area (Å²) in [5.74, 6) is -0.671. The third-order valence-corrected chi connectivity index (χ3v) is 10.4. The molecule has 4 aromatic carbocycles. The van der Waals surface area contributed by atoms with Gasteiger partial charge >= 0.3 is 0 Å². The van der Waals surface area contributed by atoms with Crippen LogP contribution in [-0.2, 0) is 13.2 Å². The molecule has 2 N–H and O–H groups in total. The highest BCUT2D eigenvalue weighted by Crippen LogP contribution is 2.52. The van der Waals surface area contributed by atoms with E-state index in [1.807, 2.05) is 0 Å². The van der Waals surface area contributed by atoms with Gasteiger partial charge in [0.15, 0.2) is 0 Å². The minimum absolute atomic E-state index is 0. The largest absolute Gasteiger partial charge is 0.497 e. The molecule has 0 spiro atoms. The molecule has 2 aliphatic rings. The Morgan fingerprint density at radius 1 is 0.647 bits per heavy atom. The van der Waals surface area contributed by atoms with Crippen molar-refractivity contribution in [3.05, 3.63) is 112 Å². The molecule has 0 radical (unpaired) electrons. The Hall–Kier alpha value is -4.14. The Bertz CT molecular complexity index is 1900. The first kappa shape index (κ1) is 39.6. The molecule has 1 atom stereocenters. The zero-order valence-electron chi connectivity index (χ0n) is 29.6. The fourth-order valence-corrected chi connectivity index (χ4v) is 7.51. The predicted octanol–water partition coefficient (Wildman–Crippen LogP) is 11.4. The second-order valence-electron chi connectivity index (χ2n) is 14.5. The summed E-state index contributed by atoms with van der Waals surface area (Å²) in [5, 5.41) is 18.9. The Morgan fingerprint density at radius 3 is 1.65 bits per heavy atom. The maximum atomic E-state index is 14.5. The van der Waals surface area contributed by atoms with Gasteiger partial charge in [0.1, 0.15) is 34.8 Å². The average molecular weight is 707 g/mol. The number of halogens is 4. The summed E-state index contributed by atoms with van der Waals surface area (Å²) in [6.07, 6.45) is 7.16. The third kappa shape index (κ3) is 8.18. The lowest BCUT2D eigenvalue weighted by molar-refractivity contribution is 0.274. The molecule has 1 saturated carbocycles. The molecule has 6 rings (SSSR count). The van der Waals surface area contributed by atoms with Gasteiger partial charge in [0.2, 0.25) is 0 Å². The summed E-state index contributed by atoms with van der Waals surface area (Å²) in [7, 11) is 3.03. The second kappa shape index (κ2) is 16.0. The Labute approximate surface area is 299 Å². The topological polar surface area (TPSA) is 58.9 Å². The molecule has 4 aromatic rings. The molecule has 8 heteroatoms. The highest BCUT2D eigenvalue weighted by atomic mass is 19.1. The number of aliphatic hydroxyl groups is 2. The van der Waals surface area contributed by atoms with E-state index in [0.29, 0.717) is 33.8 Å². The summed E-state index contributed by atoms with van der Waals surface area (Å²) in [5.41, 5.74) is 4.80. The van der Waals surface area contributed by atoms with Crippen LogP contribution < -0.4 is 9.47 Å². The molecule has 1 fully saturated rings. The Morgan fingerprint density at radius 2 is 1.18 bits per heavy atom. The molecule has 0 aliphatic heterocycles. The van der Waals surface area contributed by atoms with E-state index in [2.05, 4.69) is 33.8 Å². The predicted molar refractivity (Wildman–Crippen MR) is 197 cm³/mol. The van der Waals surface area contributed by atoms with Crippen molar-refractivity contribution in [3.63, 3.8) is 0 Å². The molecule has 0 bridgehead atoms. The molecular formula is C43H50F4O4. The molecule has 0 saturated heterocycles. The zero-order valence-corrected chi connectivity index (χ0v) is 29.6. The fraction of sp³-hybridized carbons (Fsp3) is 0.395. The Kier molecular flexibility index (Phi) is 12.5. The molecule has 51 heavy (non-hydrogen) atoms. The average Bonchev–Trinajstić information content (AvgIpc) is 3.64. The molecule has 0 aromatic heterocycles. The number of hydrogen-bond acceptors (Lipinski definition) is 4. The molecule has 0 heterocycles. The van der Waals surface area contributed by atoms with Crippen molar-refractivity contribution < 1.29 is 37.2 Å². The summed E-state index contributed by atoms with van der Waals surface area (Å²) >= 11 is 0. The van der Waals surface area contributed by atoms with Crippen molar-refractivity contribution >= 4 is 5.57 Å². The Balaban J connectivity index is 0.000000224. The molecular weight excluding hydrogens is 656 g/mol. The van der Waals surface area contributed by atoms with Gasteiger partial charge in [0.25, 0.3) is 0 Å². The third-order valence-electron chi connectivity index (χ3n) is 10.4. The lowest BCUT2D eigenvalue weighted by atomic mass is 9.75. The monoisotopic (exact) mass is 706 g/mol. The standard InChI is InChI=1S/C21H24F2O2.C21H22F2O2.CH4/c2*1-21(2)8-4-5-18(21)16-9-13(12-24)20(23)11-15(16)17-10-14(25-3)6-7-19(17)22;/h6-7,9-11,18,24H,4-5,8,12H2,1-3H3;5-7,9-11,24H,4,8,12H2,1-3H3;1H4. The highest BCUT2D eigenvalue weighted by Gasteiger charge is 2.37. The van der Waals surface area contributed by atoms with Crippen LogP contribution in [0.3, 0.4) is 0 Å². The van der Waals surface area contributed by atoms with E-state index in [1.165, 1.54) is 44.6 Å². The number of allylic oxidation sites excluding steroid dienone is 2. The van der Waals surface area contributed by atoms with Crippen molar-refractivity contribution in [2.45, 2.75) is 86.4 Å². The van der Waals surface area contributed by atoms with Crippen molar-refractivity contribution in [2.24, 2.45) is 10.8 Å². The van der Waals surface area contributed by atoms with Crippen LogP contribution in [0.25, 0.3) is 27.8 Å². The molecule has 2 aliphatic carbocycles. The first-order valence-electron chi connectivity index (χ1n) is 17.0. The van der Waals surface area contributed by atoms with Gasteiger partial charge in [-0.25, -0.2) is 17.6 Å². The lowest BCUT2D eigenvalue weighted by Crippen LogP contribution is -2.17. The minimum Gasteiger partial charge on any atom is -0.497 e. The molecule has 274 valence electrons. The van der Waals surface area contributed by atoms with Gasteiger partial charge in [-0.15, -0.1) is 0 Å². The van der Waals surface area contributed by atoms with E-state index in [9.17, 15) is 27.8 Å². The van der Waals surface area contributed by atoms with Gasteiger partial charge in [-0.1, -0.05) is 47.6 Å². The molecule has 1 unspecified atom stereocenters. The van der Waals surface area contributed by atoms with Crippen LogP contribution in [0.1, 0.15) is 95.4 Å². The van der Waals surface area contributed by atoms with Crippen molar-refractivity contribution in [3.8, 4) is 33.8 Å². The highest BCUT2D eigenvalue weighted by molar-refractivity contribution is 5.85. The van der Waals surface area contributed by atoms with Crippen LogP contribution in [0.5, 0.6) is 11.5 Å². The van der Waals surface area contributed by atoms with E-state index in [0.717, 1.165) is 48.8 Å². The van der Waals surface area contributed by atoms with Gasteiger partial charge < -0.3 is 19.7 Å². The van der Waals surface area contributed by atoms with E-state index >= 15 is 0 Å². The zero-order chi connectivity index (χ0) is 36.4. The van der Waals surface area contributed by atoms with Crippen molar-refractivity contribution in [2.75, 3.05) is 14.2 Å². The number of methoxy groups -OCH3 is 2. The van der Waals surface area contributed by atoms with Gasteiger partial charge in [-0.2, -0.15) is 0 Å². The van der Waals surface area contributed by atoms with Crippen LogP contribution in [0.2, 0.25) is 0 Å². The van der Waals surface area contributed by atoms with Gasteiger partial charge in [-0.3, -0.25) is 0 Å². The van der Waals surface area contributed by atoms with E-state index in [1.54, 1.807) is 30.3 Å². The summed E-state index contributed by atoms with van der Waals surface area (Å²) in [4.78, 5) is 0. The molecule has 0 amide bonds. The normalized spacial score (nSPS) is 17.3. The SMILES string of the molecule is C.COc1ccc(F)c(-c2cc(F)c(CO)cc2C2=CCCC2(C)C)c1.COc1ccc(F)c(-c2cc(F)c(CO)cc2C2CCCC2(C)C)c1. The summed E-state index contributed by atoms with van der Waals surface area (Å²) in [6.45, 7) is 7.87. The van der Waals surface area contributed by atoms with Crippen molar-refractivity contribution in [1.82, 2.24) is 0 Å². The van der Waals surface area contributed by atoms with Gasteiger partial charge in [-0.05, 0) is 131 Å². The van der Waals surface area contributed by atoms with Crippen LogP contribution in [-0.4, -0.2) is 24.4 Å². The number of aliphatic hydroxyl groups excluding tert-OH is 2. The van der Waals surface area contributed by atoms with Crippen LogP contribution >= 0.6 is 0 Å². The van der Waals surface area contributed by atoms with Crippen LogP contribution in [0.4, 0.5) is 17.6 Å². The van der Waals surface area contributed by atoms with Crippen LogP contribution in [0, 0.1) is 34.1 Å². The maximum absolute atomic E-state index is 14.5. The maximum Gasteiger partial charge on any atom is 0.131 e. The van der Waals surface area contributed by atoms with Crippen LogP contribution in [0.15, 0.2) is 66.7 Å². The summed E-state index contributed by atoms with van der Waals surface area (Å²) < 4.78 is 68.2. The minimum atomic E-state index is -0.542. The van der Waals surface area contributed by atoms with E-state index in [4.69, 9.17) is 9.47 Å².